The van der Waals surface area contributed by atoms with Gasteiger partial charge in [0.05, 0.1) is 13.2 Å². The number of carboxylic acids is 1. The lowest BCUT2D eigenvalue weighted by Gasteiger charge is -2.30. The van der Waals surface area contributed by atoms with Crippen LogP contribution in [-0.2, 0) is 9.53 Å². The third-order valence-electron chi connectivity index (χ3n) is 3.27. The summed E-state index contributed by atoms with van der Waals surface area (Å²) in [4.78, 5) is 24.7. The predicted molar refractivity (Wildman–Crippen MR) is 69.5 cm³/mol. The summed E-state index contributed by atoms with van der Waals surface area (Å²) in [5, 5.41) is 9.78. The molecule has 0 aliphatic carbocycles. The molecule has 3 rings (SSSR count). The summed E-state index contributed by atoms with van der Waals surface area (Å²) in [6.45, 7) is 0.605. The van der Waals surface area contributed by atoms with Gasteiger partial charge in [0.25, 0.3) is 5.91 Å². The summed E-state index contributed by atoms with van der Waals surface area (Å²) >= 11 is 0. The molecule has 1 aliphatic heterocycles. The molecule has 2 heterocycles. The Hall–Kier alpha value is -2.34. The van der Waals surface area contributed by atoms with Crippen molar-refractivity contribution >= 4 is 22.8 Å². The molecule has 2 aromatic rings. The molecule has 20 heavy (non-hydrogen) atoms. The van der Waals surface area contributed by atoms with Crippen molar-refractivity contribution in [1.29, 1.82) is 0 Å². The third-order valence-corrected chi connectivity index (χ3v) is 3.27. The number of aliphatic carboxylic acids is 1. The molecule has 6 nitrogen and oxygen atoms in total. The van der Waals surface area contributed by atoms with E-state index in [1.807, 2.05) is 18.2 Å². The Labute approximate surface area is 114 Å². The van der Waals surface area contributed by atoms with Gasteiger partial charge in [-0.1, -0.05) is 18.2 Å². The van der Waals surface area contributed by atoms with Crippen molar-refractivity contribution in [2.45, 2.75) is 6.10 Å². The molecular formula is C14H13NO5. The second kappa shape index (κ2) is 4.97. The molecule has 0 spiro atoms. The Kier molecular flexibility index (Phi) is 3.15. The van der Waals surface area contributed by atoms with E-state index in [4.69, 9.17) is 14.3 Å². The Balaban J connectivity index is 1.82. The normalized spacial score (nSPS) is 19.2. The molecule has 1 unspecified atom stereocenters. The standard InChI is InChI=1S/C14H13NO5/c16-13(15-5-6-19-12(8-15)14(17)18)11-7-9-3-1-2-4-10(9)20-11/h1-4,7,12H,5-6,8H2,(H,17,18). The molecule has 1 atom stereocenters. The van der Waals surface area contributed by atoms with Crippen molar-refractivity contribution < 1.29 is 23.8 Å². The van der Waals surface area contributed by atoms with Crippen LogP contribution in [0.5, 0.6) is 0 Å². The Bertz CT molecular complexity index is 629. The zero-order valence-corrected chi connectivity index (χ0v) is 10.6. The number of rotatable bonds is 2. The predicted octanol–water partition coefficient (Wildman–Crippen LogP) is 1.36. The van der Waals surface area contributed by atoms with E-state index in [2.05, 4.69) is 0 Å². The van der Waals surface area contributed by atoms with Crippen molar-refractivity contribution in [3.8, 4) is 0 Å². The van der Waals surface area contributed by atoms with Crippen LogP contribution in [-0.4, -0.2) is 47.7 Å². The average molecular weight is 275 g/mol. The molecule has 1 saturated heterocycles. The van der Waals surface area contributed by atoms with Gasteiger partial charge < -0.3 is 19.2 Å². The minimum Gasteiger partial charge on any atom is -0.479 e. The maximum atomic E-state index is 12.3. The molecule has 1 aliphatic rings. The first-order chi connectivity index (χ1) is 9.65. The number of amides is 1. The fraction of sp³-hybridized carbons (Fsp3) is 0.286. The van der Waals surface area contributed by atoms with E-state index in [1.54, 1.807) is 12.1 Å². The fourth-order valence-corrected chi connectivity index (χ4v) is 2.23. The van der Waals surface area contributed by atoms with Gasteiger partial charge >= 0.3 is 5.97 Å². The molecule has 1 amide bonds. The minimum atomic E-state index is -1.06. The first kappa shape index (κ1) is 12.7. The Morgan fingerprint density at radius 2 is 2.10 bits per heavy atom. The maximum absolute atomic E-state index is 12.3. The first-order valence-corrected chi connectivity index (χ1v) is 6.27. The van der Waals surface area contributed by atoms with E-state index in [1.165, 1.54) is 4.90 Å². The third kappa shape index (κ3) is 2.25. The molecule has 1 aromatic heterocycles. The van der Waals surface area contributed by atoms with Gasteiger partial charge in [0.15, 0.2) is 11.9 Å². The van der Waals surface area contributed by atoms with Crippen LogP contribution in [0, 0.1) is 0 Å². The number of ether oxygens (including phenoxy) is 1. The number of furan rings is 1. The van der Waals surface area contributed by atoms with Gasteiger partial charge in [0.1, 0.15) is 5.58 Å². The highest BCUT2D eigenvalue weighted by Gasteiger charge is 2.30. The fourth-order valence-electron chi connectivity index (χ4n) is 2.23. The van der Waals surface area contributed by atoms with Gasteiger partial charge in [-0.2, -0.15) is 0 Å². The Morgan fingerprint density at radius 1 is 1.30 bits per heavy atom. The number of para-hydroxylation sites is 1. The molecule has 1 N–H and O–H groups in total. The molecule has 1 aromatic carbocycles. The zero-order valence-electron chi connectivity index (χ0n) is 10.6. The van der Waals surface area contributed by atoms with E-state index in [9.17, 15) is 9.59 Å². The second-order valence-corrected chi connectivity index (χ2v) is 4.60. The van der Waals surface area contributed by atoms with E-state index >= 15 is 0 Å². The number of carboxylic acid groups (broad SMARTS) is 1. The number of hydrogen-bond donors (Lipinski definition) is 1. The summed E-state index contributed by atoms with van der Waals surface area (Å²) in [5.41, 5.74) is 0.638. The molecule has 104 valence electrons. The van der Waals surface area contributed by atoms with Gasteiger partial charge in [-0.25, -0.2) is 4.79 Å². The van der Waals surface area contributed by atoms with Crippen LogP contribution in [0.4, 0.5) is 0 Å². The van der Waals surface area contributed by atoms with Gasteiger partial charge in [-0.15, -0.1) is 0 Å². The monoisotopic (exact) mass is 275 g/mol. The average Bonchev–Trinajstić information content (AvgIpc) is 2.90. The highest BCUT2D eigenvalue weighted by molar-refractivity contribution is 5.96. The molecule has 1 fully saturated rings. The molecular weight excluding hydrogens is 262 g/mol. The van der Waals surface area contributed by atoms with Crippen LogP contribution in [0.25, 0.3) is 11.0 Å². The first-order valence-electron chi connectivity index (χ1n) is 6.27. The van der Waals surface area contributed by atoms with Crippen molar-refractivity contribution in [3.63, 3.8) is 0 Å². The SMILES string of the molecule is O=C(O)C1CN(C(=O)c2cc3ccccc3o2)CCO1. The van der Waals surface area contributed by atoms with Gasteiger partial charge in [-0.3, -0.25) is 4.79 Å². The van der Waals surface area contributed by atoms with Gasteiger partial charge in [0.2, 0.25) is 0 Å². The lowest BCUT2D eigenvalue weighted by atomic mass is 10.2. The van der Waals surface area contributed by atoms with Crippen LogP contribution in [0.3, 0.4) is 0 Å². The lowest BCUT2D eigenvalue weighted by molar-refractivity contribution is -0.154. The van der Waals surface area contributed by atoms with Crippen molar-refractivity contribution in [2.75, 3.05) is 19.7 Å². The number of carbonyl (C=O) groups is 2. The van der Waals surface area contributed by atoms with Gasteiger partial charge in [-0.05, 0) is 12.1 Å². The van der Waals surface area contributed by atoms with Crippen molar-refractivity contribution in [3.05, 3.63) is 36.1 Å². The number of morpholine rings is 1. The van der Waals surface area contributed by atoms with Crippen LogP contribution < -0.4 is 0 Å². The largest absolute Gasteiger partial charge is 0.479 e. The molecule has 6 heteroatoms. The summed E-state index contributed by atoms with van der Waals surface area (Å²) in [6, 6.07) is 9.00. The molecule has 0 bridgehead atoms. The van der Waals surface area contributed by atoms with E-state index in [-0.39, 0.29) is 24.8 Å². The number of nitrogens with zero attached hydrogens (tertiary/aromatic N) is 1. The summed E-state index contributed by atoms with van der Waals surface area (Å²) in [6.07, 6.45) is -0.975. The highest BCUT2D eigenvalue weighted by atomic mass is 16.5. The summed E-state index contributed by atoms with van der Waals surface area (Å²) in [7, 11) is 0. The van der Waals surface area contributed by atoms with Crippen LogP contribution in [0.15, 0.2) is 34.7 Å². The van der Waals surface area contributed by atoms with Gasteiger partial charge in [0, 0.05) is 11.9 Å². The van der Waals surface area contributed by atoms with Crippen LogP contribution in [0.2, 0.25) is 0 Å². The van der Waals surface area contributed by atoms with Crippen molar-refractivity contribution in [1.82, 2.24) is 4.90 Å². The summed E-state index contributed by atoms with van der Waals surface area (Å²) < 4.78 is 10.6. The maximum Gasteiger partial charge on any atom is 0.334 e. The highest BCUT2D eigenvalue weighted by Crippen LogP contribution is 2.20. The van der Waals surface area contributed by atoms with Crippen LogP contribution in [0.1, 0.15) is 10.6 Å². The number of carbonyl (C=O) groups excluding carboxylic acids is 1. The van der Waals surface area contributed by atoms with Crippen molar-refractivity contribution in [2.24, 2.45) is 0 Å². The van der Waals surface area contributed by atoms with E-state index in [0.29, 0.717) is 12.1 Å². The summed E-state index contributed by atoms with van der Waals surface area (Å²) in [5.74, 6) is -1.15. The van der Waals surface area contributed by atoms with E-state index < -0.39 is 12.1 Å². The number of fused-ring (bicyclic) bond motifs is 1. The topological polar surface area (TPSA) is 80.0 Å². The zero-order chi connectivity index (χ0) is 14.1. The second-order valence-electron chi connectivity index (χ2n) is 4.60. The number of hydrogen-bond acceptors (Lipinski definition) is 4. The molecule has 0 saturated carbocycles. The molecule has 0 radical (unpaired) electrons. The quantitative estimate of drug-likeness (QED) is 0.895. The minimum absolute atomic E-state index is 0.0329. The van der Waals surface area contributed by atoms with Crippen LogP contribution >= 0.6 is 0 Å². The smallest absolute Gasteiger partial charge is 0.334 e. The number of benzene rings is 1. The Morgan fingerprint density at radius 3 is 2.85 bits per heavy atom. The lowest BCUT2D eigenvalue weighted by Crippen LogP contribution is -2.48. The van der Waals surface area contributed by atoms with E-state index in [0.717, 1.165) is 5.39 Å².